The Hall–Kier alpha value is -0.590. The third kappa shape index (κ3) is 3.18. The van der Waals surface area contributed by atoms with Crippen LogP contribution in [-0.2, 0) is 13.7 Å². The molecule has 1 fully saturated rings. The molecule has 2 rings (SSSR count). The first-order valence-corrected chi connectivity index (χ1v) is 7.85. The van der Waals surface area contributed by atoms with Gasteiger partial charge >= 0.3 is 0 Å². The van der Waals surface area contributed by atoms with Gasteiger partial charge in [0, 0.05) is 0 Å². The summed E-state index contributed by atoms with van der Waals surface area (Å²) in [7, 11) is 0. The van der Waals surface area contributed by atoms with Gasteiger partial charge in [-0.15, -0.1) is 0 Å². The summed E-state index contributed by atoms with van der Waals surface area (Å²) in [6.45, 7) is 6.67. The number of benzene rings is 1. The molecule has 0 bridgehead atoms. The summed E-state index contributed by atoms with van der Waals surface area (Å²) >= 11 is 0.870. The Balaban J connectivity index is 2.26. The summed E-state index contributed by atoms with van der Waals surface area (Å²) in [5, 5.41) is 5.35. The van der Waals surface area contributed by atoms with Crippen LogP contribution < -0.4 is 5.14 Å². The highest BCUT2D eigenvalue weighted by Gasteiger charge is 2.46. The lowest BCUT2D eigenvalue weighted by atomic mass is 10.00. The van der Waals surface area contributed by atoms with Crippen molar-refractivity contribution in [2.75, 3.05) is 6.61 Å². The summed E-state index contributed by atoms with van der Waals surface area (Å²) in [4.78, 5) is 0. The average molecular weight is 297 g/mol. The summed E-state index contributed by atoms with van der Waals surface area (Å²) in [6.07, 6.45) is 1.39. The minimum absolute atomic E-state index is 0.108. The van der Waals surface area contributed by atoms with Gasteiger partial charge in [0.15, 0.2) is 5.79 Å². The van der Waals surface area contributed by atoms with Crippen molar-refractivity contribution >= 4 is 12.2 Å². The summed E-state index contributed by atoms with van der Waals surface area (Å²) < 4.78 is 17.7. The maximum absolute atomic E-state index is 6.27. The molecule has 1 saturated heterocycles. The van der Waals surface area contributed by atoms with Crippen LogP contribution in [0.2, 0.25) is 0 Å². The fraction of sp³-hybridized carbons (Fsp3) is 0.600. The van der Waals surface area contributed by atoms with Gasteiger partial charge in [-0.2, -0.15) is 0 Å². The van der Waals surface area contributed by atoms with Crippen LogP contribution in [-0.4, -0.2) is 18.5 Å². The van der Waals surface area contributed by atoms with Crippen LogP contribution >= 0.6 is 12.2 Å². The highest BCUT2D eigenvalue weighted by Crippen LogP contribution is 2.43. The van der Waals surface area contributed by atoms with E-state index in [4.69, 9.17) is 18.8 Å². The van der Waals surface area contributed by atoms with E-state index in [-0.39, 0.29) is 12.2 Å². The maximum Gasteiger partial charge on any atom is 0.169 e. The van der Waals surface area contributed by atoms with Crippen molar-refractivity contribution in [1.29, 1.82) is 0 Å². The summed E-state index contributed by atoms with van der Waals surface area (Å²) in [5.41, 5.74) is 2.36. The van der Waals surface area contributed by atoms with E-state index in [0.717, 1.165) is 30.6 Å². The molecule has 1 aromatic rings. The Kier molecular flexibility index (Phi) is 5.46. The molecular formula is C15H23NO3S. The van der Waals surface area contributed by atoms with Gasteiger partial charge in [0.2, 0.25) is 0 Å². The molecule has 2 N–H and O–H groups in total. The molecule has 112 valence electrons. The second-order valence-corrected chi connectivity index (χ2v) is 5.48. The molecule has 5 heteroatoms. The molecule has 1 aromatic carbocycles. The number of nitrogens with two attached hydrogens (primary N) is 1. The SMILES string of the molecule is CCC1(CC)OC(COSN)C(c2ccccc2C)O1. The van der Waals surface area contributed by atoms with Crippen molar-refractivity contribution in [2.45, 2.75) is 51.6 Å². The lowest BCUT2D eigenvalue weighted by Gasteiger charge is -2.25. The zero-order chi connectivity index (χ0) is 14.6. The van der Waals surface area contributed by atoms with Crippen LogP contribution in [0.5, 0.6) is 0 Å². The molecule has 4 nitrogen and oxygen atoms in total. The first-order chi connectivity index (χ1) is 9.65. The summed E-state index contributed by atoms with van der Waals surface area (Å²) in [6, 6.07) is 8.24. The molecule has 1 heterocycles. The van der Waals surface area contributed by atoms with E-state index < -0.39 is 5.79 Å². The number of ether oxygens (including phenoxy) is 2. The van der Waals surface area contributed by atoms with E-state index in [1.54, 1.807) is 0 Å². The fourth-order valence-electron chi connectivity index (χ4n) is 2.65. The van der Waals surface area contributed by atoms with Gasteiger partial charge < -0.3 is 9.47 Å². The molecule has 20 heavy (non-hydrogen) atoms. The molecule has 0 radical (unpaired) electrons. The topological polar surface area (TPSA) is 53.7 Å². The van der Waals surface area contributed by atoms with E-state index in [1.807, 2.05) is 12.1 Å². The van der Waals surface area contributed by atoms with Crippen molar-refractivity contribution in [1.82, 2.24) is 0 Å². The maximum atomic E-state index is 6.27. The van der Waals surface area contributed by atoms with Crippen molar-refractivity contribution in [2.24, 2.45) is 5.14 Å². The van der Waals surface area contributed by atoms with E-state index in [2.05, 4.69) is 32.9 Å². The van der Waals surface area contributed by atoms with Gasteiger partial charge in [-0.1, -0.05) is 38.1 Å². The van der Waals surface area contributed by atoms with E-state index in [9.17, 15) is 0 Å². The van der Waals surface area contributed by atoms with Crippen LogP contribution in [0, 0.1) is 6.92 Å². The smallest absolute Gasteiger partial charge is 0.169 e. The first kappa shape index (κ1) is 15.8. The Morgan fingerprint density at radius 1 is 1.25 bits per heavy atom. The average Bonchev–Trinajstić information content (AvgIpc) is 2.85. The predicted molar refractivity (Wildman–Crippen MR) is 80.9 cm³/mol. The quantitative estimate of drug-likeness (QED) is 0.643. The van der Waals surface area contributed by atoms with Crippen LogP contribution in [0.25, 0.3) is 0 Å². The zero-order valence-corrected chi connectivity index (χ0v) is 13.1. The van der Waals surface area contributed by atoms with Crippen LogP contribution in [0.1, 0.15) is 43.9 Å². The normalized spacial score (nSPS) is 25.0. The largest absolute Gasteiger partial charge is 0.341 e. The number of hydrogen-bond donors (Lipinski definition) is 1. The fourth-order valence-corrected chi connectivity index (χ4v) is 2.87. The number of aryl methyl sites for hydroxylation is 1. The third-order valence-electron chi connectivity index (χ3n) is 3.92. The van der Waals surface area contributed by atoms with Crippen molar-refractivity contribution < 1.29 is 13.7 Å². The van der Waals surface area contributed by atoms with Crippen molar-refractivity contribution in [3.05, 3.63) is 35.4 Å². The van der Waals surface area contributed by atoms with E-state index in [0.29, 0.717) is 6.61 Å². The molecule has 2 atom stereocenters. The second-order valence-electron chi connectivity index (χ2n) is 5.05. The monoisotopic (exact) mass is 297 g/mol. The third-order valence-corrected chi connectivity index (χ3v) is 4.19. The Bertz CT molecular complexity index is 437. The number of rotatable bonds is 6. The van der Waals surface area contributed by atoms with Crippen LogP contribution in [0.4, 0.5) is 0 Å². The molecule has 0 saturated carbocycles. The van der Waals surface area contributed by atoms with Gasteiger partial charge in [0.05, 0.1) is 18.8 Å². The summed E-state index contributed by atoms with van der Waals surface area (Å²) in [5.74, 6) is -0.514. The highest BCUT2D eigenvalue weighted by atomic mass is 32.2. The molecule has 1 aliphatic heterocycles. The standard InChI is InChI=1S/C15H23NO3S/c1-4-15(5-2)18-13(10-17-20-16)14(19-15)12-9-7-6-8-11(12)3/h6-9,13-14H,4-5,10,16H2,1-3H3. The van der Waals surface area contributed by atoms with Crippen molar-refractivity contribution in [3.63, 3.8) is 0 Å². The Morgan fingerprint density at radius 3 is 2.55 bits per heavy atom. The highest BCUT2D eigenvalue weighted by molar-refractivity contribution is 7.92. The zero-order valence-electron chi connectivity index (χ0n) is 12.3. The first-order valence-electron chi connectivity index (χ1n) is 7.05. The molecule has 0 spiro atoms. The van der Waals surface area contributed by atoms with Gasteiger partial charge in [-0.25, -0.2) is 0 Å². The van der Waals surface area contributed by atoms with Crippen molar-refractivity contribution in [3.8, 4) is 0 Å². The molecule has 1 aliphatic rings. The minimum Gasteiger partial charge on any atom is -0.341 e. The molecule has 0 aliphatic carbocycles. The van der Waals surface area contributed by atoms with Gasteiger partial charge in [-0.05, 0) is 30.9 Å². The van der Waals surface area contributed by atoms with E-state index in [1.165, 1.54) is 5.56 Å². The lowest BCUT2D eigenvalue weighted by molar-refractivity contribution is -0.181. The van der Waals surface area contributed by atoms with Gasteiger partial charge in [0.25, 0.3) is 0 Å². The van der Waals surface area contributed by atoms with Gasteiger partial charge in [-0.3, -0.25) is 9.32 Å². The molecular weight excluding hydrogens is 274 g/mol. The van der Waals surface area contributed by atoms with Crippen LogP contribution in [0.15, 0.2) is 24.3 Å². The predicted octanol–water partition coefficient (Wildman–Crippen LogP) is 3.51. The minimum atomic E-state index is -0.514. The van der Waals surface area contributed by atoms with Gasteiger partial charge in [0.1, 0.15) is 12.2 Å². The Labute approximate surface area is 125 Å². The molecule has 2 unspecified atom stereocenters. The molecule has 0 aromatic heterocycles. The molecule has 0 amide bonds. The van der Waals surface area contributed by atoms with Crippen LogP contribution in [0.3, 0.4) is 0 Å². The van der Waals surface area contributed by atoms with E-state index >= 15 is 0 Å². The second kappa shape index (κ2) is 6.91. The number of hydrogen-bond acceptors (Lipinski definition) is 5. The lowest BCUT2D eigenvalue weighted by Crippen LogP contribution is -2.29. The Morgan fingerprint density at radius 2 is 1.95 bits per heavy atom.